The van der Waals surface area contributed by atoms with E-state index in [9.17, 15) is 13.2 Å². The van der Waals surface area contributed by atoms with Crippen molar-refractivity contribution in [3.8, 4) is 0 Å². The van der Waals surface area contributed by atoms with Gasteiger partial charge >= 0.3 is 0 Å². The molecule has 3 N–H and O–H groups in total. The Labute approximate surface area is 122 Å². The van der Waals surface area contributed by atoms with E-state index in [1.54, 1.807) is 6.92 Å². The van der Waals surface area contributed by atoms with Gasteiger partial charge in [0.15, 0.2) is 0 Å². The van der Waals surface area contributed by atoms with Gasteiger partial charge in [0.05, 0.1) is 5.75 Å². The molecule has 6 heteroatoms. The highest BCUT2D eigenvalue weighted by Crippen LogP contribution is 2.44. The van der Waals surface area contributed by atoms with Crippen molar-refractivity contribution in [3.63, 3.8) is 0 Å². The minimum absolute atomic E-state index is 0.0268. The molecule has 4 atom stereocenters. The zero-order valence-corrected chi connectivity index (χ0v) is 14.0. The van der Waals surface area contributed by atoms with E-state index in [2.05, 4.69) is 26.1 Å². The average Bonchev–Trinajstić information content (AvgIpc) is 2.22. The first-order chi connectivity index (χ1) is 8.95. The largest absolute Gasteiger partial charge is 0.352 e. The number of carbonyl (C=O) groups excluding carboxylic acids is 1. The van der Waals surface area contributed by atoms with Crippen LogP contribution in [0.4, 0.5) is 0 Å². The molecule has 0 radical (unpaired) electrons. The van der Waals surface area contributed by atoms with Crippen LogP contribution in [0.3, 0.4) is 0 Å². The zero-order chi connectivity index (χ0) is 15.7. The molecule has 0 aliphatic heterocycles. The number of hydrogen-bond acceptors (Lipinski definition) is 4. The van der Waals surface area contributed by atoms with Gasteiger partial charge in [0, 0.05) is 24.3 Å². The van der Waals surface area contributed by atoms with Crippen molar-refractivity contribution < 1.29 is 13.2 Å². The third kappa shape index (κ3) is 4.19. The van der Waals surface area contributed by atoms with E-state index in [1.165, 1.54) is 6.26 Å². The summed E-state index contributed by atoms with van der Waals surface area (Å²) >= 11 is 0. The molecule has 1 amide bonds. The van der Waals surface area contributed by atoms with Crippen LogP contribution in [0.25, 0.3) is 0 Å². The molecular weight excluding hydrogens is 276 g/mol. The predicted molar refractivity (Wildman–Crippen MR) is 81.0 cm³/mol. The molecular formula is C14H28N2O3S. The Balaban J connectivity index is 2.72. The van der Waals surface area contributed by atoms with E-state index < -0.39 is 9.84 Å². The Bertz CT molecular complexity index is 459. The Hall–Kier alpha value is -0.620. The minimum Gasteiger partial charge on any atom is -0.352 e. The maximum atomic E-state index is 12.4. The molecule has 1 aliphatic carbocycles. The van der Waals surface area contributed by atoms with Gasteiger partial charge in [-0.1, -0.05) is 20.8 Å². The topological polar surface area (TPSA) is 89.3 Å². The quantitative estimate of drug-likeness (QED) is 0.809. The van der Waals surface area contributed by atoms with E-state index in [1.807, 2.05) is 0 Å². The van der Waals surface area contributed by atoms with Gasteiger partial charge in [-0.3, -0.25) is 4.79 Å². The molecule has 0 heterocycles. The highest BCUT2D eigenvalue weighted by atomic mass is 32.2. The van der Waals surface area contributed by atoms with Crippen molar-refractivity contribution in [1.82, 2.24) is 5.32 Å². The van der Waals surface area contributed by atoms with Crippen LogP contribution in [-0.4, -0.2) is 38.4 Å². The summed E-state index contributed by atoms with van der Waals surface area (Å²) in [5.74, 6) is 0.0717. The number of sulfone groups is 1. The van der Waals surface area contributed by atoms with Crippen molar-refractivity contribution in [1.29, 1.82) is 0 Å². The molecule has 4 unspecified atom stereocenters. The zero-order valence-electron chi connectivity index (χ0n) is 13.1. The van der Waals surface area contributed by atoms with Crippen molar-refractivity contribution in [2.75, 3.05) is 12.0 Å². The third-order valence-corrected chi connectivity index (χ3v) is 5.87. The molecule has 0 saturated heterocycles. The fraction of sp³-hybridized carbons (Fsp3) is 0.929. The van der Waals surface area contributed by atoms with Crippen LogP contribution in [0.1, 0.15) is 40.5 Å². The van der Waals surface area contributed by atoms with Crippen LogP contribution in [0, 0.1) is 17.3 Å². The Morgan fingerprint density at radius 2 is 1.95 bits per heavy atom. The van der Waals surface area contributed by atoms with Crippen LogP contribution in [-0.2, 0) is 14.6 Å². The number of nitrogens with one attached hydrogen (secondary N) is 1. The fourth-order valence-electron chi connectivity index (χ4n) is 3.16. The Morgan fingerprint density at radius 3 is 2.45 bits per heavy atom. The van der Waals surface area contributed by atoms with E-state index in [-0.39, 0.29) is 41.0 Å². The lowest BCUT2D eigenvalue weighted by Gasteiger charge is -2.46. The molecule has 0 spiro atoms. The highest BCUT2D eigenvalue weighted by molar-refractivity contribution is 7.90. The van der Waals surface area contributed by atoms with Gasteiger partial charge in [-0.2, -0.15) is 0 Å². The minimum atomic E-state index is -3.08. The van der Waals surface area contributed by atoms with E-state index in [0.29, 0.717) is 0 Å². The summed E-state index contributed by atoms with van der Waals surface area (Å²) in [4.78, 5) is 12.4. The summed E-state index contributed by atoms with van der Waals surface area (Å²) < 4.78 is 22.5. The number of amides is 1. The lowest BCUT2D eigenvalue weighted by molar-refractivity contribution is -0.132. The molecule has 0 aromatic rings. The van der Waals surface area contributed by atoms with Gasteiger partial charge in [0.1, 0.15) is 9.84 Å². The molecule has 0 bridgehead atoms. The van der Waals surface area contributed by atoms with Crippen molar-refractivity contribution >= 4 is 15.7 Å². The molecule has 5 nitrogen and oxygen atoms in total. The number of rotatable bonds is 4. The predicted octanol–water partition coefficient (Wildman–Crippen LogP) is 0.935. The maximum Gasteiger partial charge on any atom is 0.223 e. The molecule has 1 rings (SSSR count). The maximum absolute atomic E-state index is 12.4. The molecule has 1 fully saturated rings. The lowest BCUT2D eigenvalue weighted by Crippen LogP contribution is -2.53. The summed E-state index contributed by atoms with van der Waals surface area (Å²) in [7, 11) is -3.08. The standard InChI is InChI=1S/C14H28N2O3S/c1-9(8-20(5,18)19)16-13(17)11-6-7-12(15)10(2)14(11,3)4/h9-12H,6-8,15H2,1-5H3,(H,16,17). The van der Waals surface area contributed by atoms with Gasteiger partial charge in [0.2, 0.25) is 5.91 Å². The first-order valence-corrected chi connectivity index (χ1v) is 9.25. The van der Waals surface area contributed by atoms with Crippen molar-refractivity contribution in [2.24, 2.45) is 23.0 Å². The molecule has 0 aromatic heterocycles. The summed E-state index contributed by atoms with van der Waals surface area (Å²) in [5.41, 5.74) is 5.92. The van der Waals surface area contributed by atoms with Gasteiger partial charge in [0.25, 0.3) is 0 Å². The third-order valence-electron chi connectivity index (χ3n) is 4.76. The second-order valence-electron chi connectivity index (χ2n) is 6.91. The van der Waals surface area contributed by atoms with E-state index >= 15 is 0 Å². The molecule has 0 aromatic carbocycles. The van der Waals surface area contributed by atoms with Crippen molar-refractivity contribution in [2.45, 2.75) is 52.6 Å². The van der Waals surface area contributed by atoms with Gasteiger partial charge in [-0.15, -0.1) is 0 Å². The monoisotopic (exact) mass is 304 g/mol. The van der Waals surface area contributed by atoms with Crippen LogP contribution in [0.15, 0.2) is 0 Å². The molecule has 1 saturated carbocycles. The number of carbonyl (C=O) groups is 1. The number of nitrogens with two attached hydrogens (primary N) is 1. The molecule has 118 valence electrons. The van der Waals surface area contributed by atoms with Gasteiger partial charge in [-0.25, -0.2) is 8.42 Å². The van der Waals surface area contributed by atoms with E-state index in [4.69, 9.17) is 5.73 Å². The fourth-order valence-corrected chi connectivity index (χ4v) is 4.15. The lowest BCUT2D eigenvalue weighted by atomic mass is 9.61. The second-order valence-corrected chi connectivity index (χ2v) is 9.09. The molecule has 1 aliphatic rings. The summed E-state index contributed by atoms with van der Waals surface area (Å²) in [6.07, 6.45) is 2.78. The SMILES string of the molecule is CC(CS(C)(=O)=O)NC(=O)C1CCC(N)C(C)C1(C)C. The summed E-state index contributed by atoms with van der Waals surface area (Å²) in [6, 6.07) is -0.235. The second kappa shape index (κ2) is 6.02. The van der Waals surface area contributed by atoms with Gasteiger partial charge < -0.3 is 11.1 Å². The van der Waals surface area contributed by atoms with Gasteiger partial charge in [-0.05, 0) is 31.1 Å². The first kappa shape index (κ1) is 17.4. The normalized spacial score (nSPS) is 31.6. The van der Waals surface area contributed by atoms with Crippen LogP contribution >= 0.6 is 0 Å². The van der Waals surface area contributed by atoms with Crippen LogP contribution in [0.5, 0.6) is 0 Å². The van der Waals surface area contributed by atoms with Crippen LogP contribution in [0.2, 0.25) is 0 Å². The first-order valence-electron chi connectivity index (χ1n) is 7.19. The summed E-state index contributed by atoms with van der Waals surface area (Å²) in [5, 5.41) is 2.84. The number of hydrogen-bond donors (Lipinski definition) is 2. The Morgan fingerprint density at radius 1 is 1.40 bits per heavy atom. The highest BCUT2D eigenvalue weighted by Gasteiger charge is 2.45. The molecule has 20 heavy (non-hydrogen) atoms. The van der Waals surface area contributed by atoms with E-state index in [0.717, 1.165) is 12.8 Å². The Kier molecular flexibility index (Phi) is 5.24. The average molecular weight is 304 g/mol. The summed E-state index contributed by atoms with van der Waals surface area (Å²) in [6.45, 7) is 7.96. The van der Waals surface area contributed by atoms with Crippen LogP contribution < -0.4 is 11.1 Å². The smallest absolute Gasteiger partial charge is 0.223 e. The van der Waals surface area contributed by atoms with Crippen molar-refractivity contribution in [3.05, 3.63) is 0 Å².